The summed E-state index contributed by atoms with van der Waals surface area (Å²) in [6, 6.07) is 23.6. The molecule has 0 radical (unpaired) electrons. The van der Waals surface area contributed by atoms with Gasteiger partial charge in [-0.1, -0.05) is 37.3 Å². The zero-order valence-corrected chi connectivity index (χ0v) is 20.2. The van der Waals surface area contributed by atoms with Crippen LogP contribution in [0, 0.1) is 11.7 Å². The molecule has 0 bridgehead atoms. The number of hydrogen-bond acceptors (Lipinski definition) is 5. The molecule has 3 aromatic carbocycles. The summed E-state index contributed by atoms with van der Waals surface area (Å²) in [6.07, 6.45) is 5.21. The van der Waals surface area contributed by atoms with E-state index < -0.39 is 0 Å². The summed E-state index contributed by atoms with van der Waals surface area (Å²) in [4.78, 5) is 24.2. The number of benzene rings is 3. The highest BCUT2D eigenvalue weighted by atomic mass is 19.1. The Morgan fingerprint density at radius 2 is 1.65 bits per heavy atom. The van der Waals surface area contributed by atoms with Crippen molar-refractivity contribution in [3.05, 3.63) is 115 Å². The molecular formula is C29H25FN6O. The van der Waals surface area contributed by atoms with Crippen molar-refractivity contribution in [1.82, 2.24) is 25.1 Å². The maximum atomic E-state index is 13.7. The Hall–Kier alpha value is -4.43. The van der Waals surface area contributed by atoms with E-state index in [1.54, 1.807) is 41.5 Å². The van der Waals surface area contributed by atoms with E-state index in [0.29, 0.717) is 12.4 Å². The lowest BCUT2D eigenvalue weighted by molar-refractivity contribution is -0.120. The second kappa shape index (κ2) is 9.55. The third-order valence-corrected chi connectivity index (χ3v) is 6.94. The predicted octanol–water partition coefficient (Wildman–Crippen LogP) is 4.84. The van der Waals surface area contributed by atoms with E-state index >= 15 is 0 Å². The van der Waals surface area contributed by atoms with Crippen LogP contribution in [0.3, 0.4) is 0 Å². The van der Waals surface area contributed by atoms with Gasteiger partial charge in [-0.05, 0) is 54.1 Å². The van der Waals surface area contributed by atoms with Gasteiger partial charge in [0.05, 0.1) is 35.9 Å². The van der Waals surface area contributed by atoms with Crippen LogP contribution in [-0.4, -0.2) is 31.7 Å². The van der Waals surface area contributed by atoms with E-state index in [1.807, 2.05) is 48.2 Å². The third-order valence-electron chi connectivity index (χ3n) is 6.94. The second-order valence-electron chi connectivity index (χ2n) is 9.20. The van der Waals surface area contributed by atoms with Gasteiger partial charge < -0.3 is 10.2 Å². The van der Waals surface area contributed by atoms with Crippen molar-refractivity contribution in [3.8, 4) is 5.69 Å². The fourth-order valence-corrected chi connectivity index (χ4v) is 5.12. The minimum atomic E-state index is -0.293. The van der Waals surface area contributed by atoms with E-state index in [2.05, 4.69) is 32.5 Å². The van der Waals surface area contributed by atoms with Gasteiger partial charge in [-0.2, -0.15) is 5.10 Å². The first-order chi connectivity index (χ1) is 18.1. The van der Waals surface area contributed by atoms with Crippen LogP contribution in [0.2, 0.25) is 0 Å². The van der Waals surface area contributed by atoms with Crippen molar-refractivity contribution in [2.75, 3.05) is 4.90 Å². The van der Waals surface area contributed by atoms with Crippen molar-refractivity contribution in [2.24, 2.45) is 5.92 Å². The molecule has 0 spiro atoms. The van der Waals surface area contributed by atoms with Crippen LogP contribution in [0.1, 0.15) is 24.4 Å². The fraction of sp³-hybridized carbons (Fsp3) is 0.172. The lowest BCUT2D eigenvalue weighted by atomic mass is 9.94. The molecule has 1 aliphatic rings. The lowest BCUT2D eigenvalue weighted by Crippen LogP contribution is -2.38. The van der Waals surface area contributed by atoms with Crippen LogP contribution in [0.5, 0.6) is 0 Å². The summed E-state index contributed by atoms with van der Waals surface area (Å²) in [5, 5.41) is 8.97. The molecular weight excluding hydrogens is 467 g/mol. The summed E-state index contributed by atoms with van der Waals surface area (Å²) in [5.74, 6) is 0.178. The molecule has 1 N–H and O–H groups in total. The number of carbonyl (C=O) groups excluding carboxylic acids is 1. The quantitative estimate of drug-likeness (QED) is 0.367. The van der Waals surface area contributed by atoms with Crippen LogP contribution in [0.25, 0.3) is 16.6 Å². The van der Waals surface area contributed by atoms with Crippen LogP contribution in [0.4, 0.5) is 10.1 Å². The topological polar surface area (TPSA) is 75.9 Å². The molecule has 37 heavy (non-hydrogen) atoms. The minimum Gasteiger partial charge on any atom is -0.304 e. The summed E-state index contributed by atoms with van der Waals surface area (Å²) in [5.41, 5.74) is 3.50. The zero-order chi connectivity index (χ0) is 25.4. The highest BCUT2D eigenvalue weighted by Crippen LogP contribution is 2.41. The Kier molecular flexibility index (Phi) is 5.94. The molecule has 1 saturated heterocycles. The number of fused-ring (bicyclic) bond motifs is 1. The molecule has 5 aromatic rings. The minimum absolute atomic E-state index is 0.0469. The molecule has 8 heteroatoms. The number of nitrogens with one attached hydrogen (secondary N) is 1. The molecule has 3 heterocycles. The van der Waals surface area contributed by atoms with Gasteiger partial charge in [0.1, 0.15) is 11.6 Å². The Balaban J connectivity index is 1.37. The van der Waals surface area contributed by atoms with Gasteiger partial charge in [-0.3, -0.25) is 4.79 Å². The Labute approximate surface area is 213 Å². The third kappa shape index (κ3) is 4.25. The van der Waals surface area contributed by atoms with E-state index in [4.69, 9.17) is 0 Å². The normalized spacial score (nSPS) is 19.6. The average Bonchev–Trinajstić information content (AvgIpc) is 3.47. The van der Waals surface area contributed by atoms with Gasteiger partial charge in [-0.15, -0.1) is 0 Å². The number of amides is 1. The van der Waals surface area contributed by atoms with E-state index in [0.717, 1.165) is 27.8 Å². The predicted molar refractivity (Wildman–Crippen MR) is 140 cm³/mol. The lowest BCUT2D eigenvalue weighted by Gasteiger charge is -2.29. The molecule has 1 fully saturated rings. The monoisotopic (exact) mass is 492 g/mol. The molecule has 7 nitrogen and oxygen atoms in total. The first kappa shape index (κ1) is 23.0. The summed E-state index contributed by atoms with van der Waals surface area (Å²) >= 11 is 0. The average molecular weight is 493 g/mol. The second-order valence-corrected chi connectivity index (χ2v) is 9.20. The number of halogens is 1. The summed E-state index contributed by atoms with van der Waals surface area (Å²) in [7, 11) is 0. The van der Waals surface area contributed by atoms with Crippen LogP contribution in [0.15, 0.2) is 97.5 Å². The molecule has 1 aliphatic heterocycles. The van der Waals surface area contributed by atoms with E-state index in [-0.39, 0.29) is 29.7 Å². The van der Waals surface area contributed by atoms with Gasteiger partial charge in [0.25, 0.3) is 0 Å². The number of aromatic nitrogens is 4. The Morgan fingerprint density at radius 3 is 2.41 bits per heavy atom. The molecule has 6 rings (SSSR count). The van der Waals surface area contributed by atoms with Crippen molar-refractivity contribution < 1.29 is 9.18 Å². The van der Waals surface area contributed by atoms with Gasteiger partial charge in [0, 0.05) is 29.5 Å². The Morgan fingerprint density at radius 1 is 0.919 bits per heavy atom. The summed E-state index contributed by atoms with van der Waals surface area (Å²) in [6.45, 7) is 2.43. The largest absolute Gasteiger partial charge is 0.304 e. The molecule has 2 aromatic heterocycles. The number of nitrogens with zero attached hydrogens (tertiary/aromatic N) is 5. The molecule has 0 saturated carbocycles. The van der Waals surface area contributed by atoms with Gasteiger partial charge in [-0.25, -0.2) is 19.0 Å². The van der Waals surface area contributed by atoms with E-state index in [9.17, 15) is 9.18 Å². The number of carbonyl (C=O) groups is 1. The molecule has 0 unspecified atom stereocenters. The van der Waals surface area contributed by atoms with Crippen LogP contribution >= 0.6 is 0 Å². The first-order valence-electron chi connectivity index (χ1n) is 12.2. The molecule has 1 amide bonds. The standard InChI is InChI=1S/C29H25FN6O/c1-19-27(33-18-26-31-14-5-15-32-26)28(20-6-3-2-4-7-20)35(29(19)37)24-12-13-25-21(16-24)17-34-36(25)23-10-8-22(30)9-11-23/h2-17,19,27-28,33H,18H2,1H3/t19-,27-,28+/m1/s1. The smallest absolute Gasteiger partial charge is 0.232 e. The number of hydrogen-bond donors (Lipinski definition) is 1. The maximum Gasteiger partial charge on any atom is 0.232 e. The zero-order valence-electron chi connectivity index (χ0n) is 20.2. The number of rotatable bonds is 6. The molecule has 0 aliphatic carbocycles. The maximum absolute atomic E-state index is 13.7. The van der Waals surface area contributed by atoms with Gasteiger partial charge in [0.15, 0.2) is 0 Å². The molecule has 3 atom stereocenters. The first-order valence-corrected chi connectivity index (χ1v) is 12.2. The number of anilines is 1. The van der Waals surface area contributed by atoms with Crippen LogP contribution < -0.4 is 10.2 Å². The van der Waals surface area contributed by atoms with Crippen molar-refractivity contribution in [1.29, 1.82) is 0 Å². The van der Waals surface area contributed by atoms with Crippen molar-refractivity contribution in [3.63, 3.8) is 0 Å². The highest BCUT2D eigenvalue weighted by molar-refractivity contribution is 6.00. The van der Waals surface area contributed by atoms with Crippen molar-refractivity contribution >= 4 is 22.5 Å². The highest BCUT2D eigenvalue weighted by Gasteiger charge is 2.47. The van der Waals surface area contributed by atoms with Gasteiger partial charge in [0.2, 0.25) is 5.91 Å². The SMILES string of the molecule is C[C@H]1C(=O)N(c2ccc3c(cnn3-c3ccc(F)cc3)c2)[C@@H](c2ccccc2)[C@@H]1NCc1ncccn1. The Bertz CT molecular complexity index is 1540. The summed E-state index contributed by atoms with van der Waals surface area (Å²) < 4.78 is 15.2. The molecule has 184 valence electrons. The van der Waals surface area contributed by atoms with Crippen LogP contribution in [-0.2, 0) is 11.3 Å². The van der Waals surface area contributed by atoms with Crippen molar-refractivity contribution in [2.45, 2.75) is 25.6 Å². The van der Waals surface area contributed by atoms with E-state index in [1.165, 1.54) is 12.1 Å². The van der Waals surface area contributed by atoms with Gasteiger partial charge >= 0.3 is 0 Å². The fourth-order valence-electron chi connectivity index (χ4n) is 5.12.